The van der Waals surface area contributed by atoms with Crippen LogP contribution in [0.2, 0.25) is 0 Å². The van der Waals surface area contributed by atoms with Crippen LogP contribution < -0.4 is 4.72 Å². The van der Waals surface area contributed by atoms with Gasteiger partial charge in [0.15, 0.2) is 0 Å². The van der Waals surface area contributed by atoms with Gasteiger partial charge in [-0.15, -0.1) is 0 Å². The average Bonchev–Trinajstić information content (AvgIpc) is 2.35. The van der Waals surface area contributed by atoms with Crippen LogP contribution in [0.15, 0.2) is 24.3 Å². The third kappa shape index (κ3) is 5.85. The predicted octanol–water partition coefficient (Wildman–Crippen LogP) is 1.85. The molecule has 19 heavy (non-hydrogen) atoms. The van der Waals surface area contributed by atoms with Crippen molar-refractivity contribution < 1.29 is 18.3 Å². The number of rotatable bonds is 7. The molecule has 0 radical (unpaired) electrons. The lowest BCUT2D eigenvalue weighted by molar-refractivity contribution is 0.0697. The number of benzene rings is 1. The highest BCUT2D eigenvalue weighted by molar-refractivity contribution is 7.89. The molecule has 0 heterocycles. The van der Waals surface area contributed by atoms with Crippen molar-refractivity contribution in [3.8, 4) is 0 Å². The van der Waals surface area contributed by atoms with Crippen molar-refractivity contribution in [2.75, 3.05) is 5.75 Å². The fraction of sp³-hybridized carbons (Fsp3) is 0.462. The van der Waals surface area contributed by atoms with E-state index in [1.165, 1.54) is 12.1 Å². The fourth-order valence-electron chi connectivity index (χ4n) is 1.42. The molecule has 0 aliphatic heterocycles. The predicted molar refractivity (Wildman–Crippen MR) is 73.5 cm³/mol. The van der Waals surface area contributed by atoms with Crippen molar-refractivity contribution in [2.45, 2.75) is 26.8 Å². The first-order valence-corrected chi connectivity index (χ1v) is 7.75. The van der Waals surface area contributed by atoms with Crippen molar-refractivity contribution in [2.24, 2.45) is 5.92 Å². The maximum atomic E-state index is 11.7. The highest BCUT2D eigenvalue weighted by Gasteiger charge is 2.11. The Morgan fingerprint density at radius 1 is 1.26 bits per heavy atom. The topological polar surface area (TPSA) is 83.5 Å². The molecule has 0 unspecified atom stereocenters. The third-order valence-corrected chi connectivity index (χ3v) is 4.02. The Kier molecular flexibility index (Phi) is 5.50. The van der Waals surface area contributed by atoms with Crippen LogP contribution in [-0.2, 0) is 16.6 Å². The fourth-order valence-corrected chi connectivity index (χ4v) is 2.73. The van der Waals surface area contributed by atoms with Crippen molar-refractivity contribution in [1.82, 2.24) is 4.72 Å². The highest BCUT2D eigenvalue weighted by atomic mass is 32.2. The number of carbonyl (C=O) groups is 1. The number of hydrogen-bond donors (Lipinski definition) is 2. The minimum Gasteiger partial charge on any atom is -0.478 e. The van der Waals surface area contributed by atoms with Gasteiger partial charge in [-0.05, 0) is 30.0 Å². The Bertz CT molecular complexity index is 520. The van der Waals surface area contributed by atoms with Gasteiger partial charge in [0, 0.05) is 6.54 Å². The number of carboxylic acids is 1. The van der Waals surface area contributed by atoms with Crippen LogP contribution in [0.3, 0.4) is 0 Å². The van der Waals surface area contributed by atoms with Gasteiger partial charge in [0.2, 0.25) is 10.0 Å². The normalized spacial score (nSPS) is 11.7. The first-order valence-electron chi connectivity index (χ1n) is 6.10. The molecular formula is C13H19NO4S. The van der Waals surface area contributed by atoms with Gasteiger partial charge in [-0.25, -0.2) is 17.9 Å². The standard InChI is InChI=1S/C13H19NO4S/c1-10(2)7-8-19(17,18)14-9-11-3-5-12(6-4-11)13(15)16/h3-6,10,14H,7-9H2,1-2H3,(H,15,16). The monoisotopic (exact) mass is 285 g/mol. The van der Waals surface area contributed by atoms with Crippen molar-refractivity contribution in [3.05, 3.63) is 35.4 Å². The second kappa shape index (κ2) is 6.68. The molecular weight excluding hydrogens is 266 g/mol. The molecule has 0 atom stereocenters. The SMILES string of the molecule is CC(C)CCS(=O)(=O)NCc1ccc(C(=O)O)cc1. The van der Waals surface area contributed by atoms with E-state index in [4.69, 9.17) is 5.11 Å². The number of sulfonamides is 1. The van der Waals surface area contributed by atoms with Gasteiger partial charge in [0.25, 0.3) is 0 Å². The van der Waals surface area contributed by atoms with Gasteiger partial charge >= 0.3 is 5.97 Å². The van der Waals surface area contributed by atoms with Crippen LogP contribution in [0.4, 0.5) is 0 Å². The molecule has 0 aliphatic rings. The lowest BCUT2D eigenvalue weighted by atomic mass is 10.1. The van der Waals surface area contributed by atoms with Crippen LogP contribution in [-0.4, -0.2) is 25.2 Å². The summed E-state index contributed by atoms with van der Waals surface area (Å²) in [6.45, 7) is 4.13. The molecule has 0 saturated heterocycles. The first-order chi connectivity index (χ1) is 8.80. The van der Waals surface area contributed by atoms with Crippen molar-refractivity contribution in [3.63, 3.8) is 0 Å². The number of nitrogens with one attached hydrogen (secondary N) is 1. The summed E-state index contributed by atoms with van der Waals surface area (Å²) >= 11 is 0. The molecule has 1 aromatic carbocycles. The van der Waals surface area contributed by atoms with E-state index in [0.717, 1.165) is 5.56 Å². The summed E-state index contributed by atoms with van der Waals surface area (Å²) in [6, 6.07) is 6.13. The van der Waals surface area contributed by atoms with E-state index in [1.54, 1.807) is 12.1 Å². The van der Waals surface area contributed by atoms with E-state index in [9.17, 15) is 13.2 Å². The maximum Gasteiger partial charge on any atom is 0.335 e. The molecule has 1 aromatic rings. The Morgan fingerprint density at radius 2 is 1.84 bits per heavy atom. The van der Waals surface area contributed by atoms with Gasteiger partial charge in [0.05, 0.1) is 11.3 Å². The first kappa shape index (κ1) is 15.7. The second-order valence-corrected chi connectivity index (χ2v) is 6.75. The van der Waals surface area contributed by atoms with Gasteiger partial charge in [-0.2, -0.15) is 0 Å². The van der Waals surface area contributed by atoms with Crippen LogP contribution in [0.1, 0.15) is 36.2 Å². The zero-order valence-electron chi connectivity index (χ0n) is 11.1. The Labute approximate surface area is 113 Å². The average molecular weight is 285 g/mol. The molecule has 1 rings (SSSR count). The molecule has 0 fully saturated rings. The van der Waals surface area contributed by atoms with E-state index < -0.39 is 16.0 Å². The van der Waals surface area contributed by atoms with Crippen LogP contribution in [0.25, 0.3) is 0 Å². The third-order valence-electron chi connectivity index (χ3n) is 2.66. The molecule has 6 heteroatoms. The van der Waals surface area contributed by atoms with Crippen molar-refractivity contribution in [1.29, 1.82) is 0 Å². The minimum absolute atomic E-state index is 0.109. The van der Waals surface area contributed by atoms with Gasteiger partial charge in [0.1, 0.15) is 0 Å². The van der Waals surface area contributed by atoms with Crippen LogP contribution in [0.5, 0.6) is 0 Å². The molecule has 0 spiro atoms. The Balaban J connectivity index is 2.54. The number of carboxylic acid groups (broad SMARTS) is 1. The molecule has 2 N–H and O–H groups in total. The molecule has 0 bridgehead atoms. The van der Waals surface area contributed by atoms with Gasteiger partial charge in [-0.3, -0.25) is 0 Å². The molecule has 5 nitrogen and oxygen atoms in total. The summed E-state index contributed by atoms with van der Waals surface area (Å²) in [7, 11) is -3.27. The number of hydrogen-bond acceptors (Lipinski definition) is 3. The van der Waals surface area contributed by atoms with Gasteiger partial charge in [-0.1, -0.05) is 26.0 Å². The summed E-state index contributed by atoms with van der Waals surface area (Å²) in [5.41, 5.74) is 0.921. The van der Waals surface area contributed by atoms with E-state index in [2.05, 4.69) is 4.72 Å². The zero-order valence-corrected chi connectivity index (χ0v) is 11.9. The van der Waals surface area contributed by atoms with Gasteiger partial charge < -0.3 is 5.11 Å². The summed E-state index contributed by atoms with van der Waals surface area (Å²) in [5.74, 6) is -0.548. The molecule has 106 valence electrons. The lowest BCUT2D eigenvalue weighted by Gasteiger charge is -2.08. The molecule has 0 amide bonds. The summed E-state index contributed by atoms with van der Waals surface area (Å²) < 4.78 is 25.9. The maximum absolute atomic E-state index is 11.7. The summed E-state index contributed by atoms with van der Waals surface area (Å²) in [5, 5.41) is 8.75. The van der Waals surface area contributed by atoms with Crippen LogP contribution >= 0.6 is 0 Å². The molecule has 0 aliphatic carbocycles. The highest BCUT2D eigenvalue weighted by Crippen LogP contribution is 2.06. The van der Waals surface area contributed by atoms with E-state index >= 15 is 0 Å². The van der Waals surface area contributed by atoms with Crippen LogP contribution in [0, 0.1) is 5.92 Å². The van der Waals surface area contributed by atoms with E-state index in [0.29, 0.717) is 12.3 Å². The smallest absolute Gasteiger partial charge is 0.335 e. The summed E-state index contributed by atoms with van der Waals surface area (Å²) in [6.07, 6.45) is 0.618. The quantitative estimate of drug-likeness (QED) is 0.801. The lowest BCUT2D eigenvalue weighted by Crippen LogP contribution is -2.26. The molecule has 0 saturated carbocycles. The van der Waals surface area contributed by atoms with E-state index in [-0.39, 0.29) is 17.9 Å². The largest absolute Gasteiger partial charge is 0.478 e. The second-order valence-electron chi connectivity index (χ2n) is 4.82. The minimum atomic E-state index is -3.27. The van der Waals surface area contributed by atoms with E-state index in [1.807, 2.05) is 13.8 Å². The van der Waals surface area contributed by atoms with Crippen molar-refractivity contribution >= 4 is 16.0 Å². The Hall–Kier alpha value is -1.40. The zero-order chi connectivity index (χ0) is 14.5. The Morgan fingerprint density at radius 3 is 2.32 bits per heavy atom. The summed E-state index contributed by atoms with van der Waals surface area (Å²) in [4.78, 5) is 10.7. The number of aromatic carboxylic acids is 1. The molecule has 0 aromatic heterocycles.